The minimum Gasteiger partial charge on any atom is -0.342 e. The number of nitrogens with one attached hydrogen (secondary N) is 1. The van der Waals surface area contributed by atoms with Gasteiger partial charge in [0.25, 0.3) is 0 Å². The van der Waals surface area contributed by atoms with E-state index in [4.69, 9.17) is 0 Å². The van der Waals surface area contributed by atoms with Gasteiger partial charge in [-0.1, -0.05) is 85.8 Å². The van der Waals surface area contributed by atoms with Gasteiger partial charge in [0.15, 0.2) is 0 Å². The van der Waals surface area contributed by atoms with Crippen LogP contribution in [0.3, 0.4) is 0 Å². The highest BCUT2D eigenvalue weighted by Gasteiger charge is 2.28. The van der Waals surface area contributed by atoms with Crippen molar-refractivity contribution >= 4 is 23.0 Å². The van der Waals surface area contributed by atoms with E-state index in [0.29, 0.717) is 13.1 Å². The monoisotopic (exact) mass is 439 g/mol. The van der Waals surface area contributed by atoms with Crippen LogP contribution in [0.4, 0.5) is 23.0 Å². The molecule has 3 aromatic carbocycles. The van der Waals surface area contributed by atoms with Crippen LogP contribution in [0.5, 0.6) is 0 Å². The largest absolute Gasteiger partial charge is 0.353 e. The maximum Gasteiger partial charge on any atom is 0.353 e. The van der Waals surface area contributed by atoms with Crippen molar-refractivity contribution in [1.29, 1.82) is 0 Å². The fourth-order valence-corrected chi connectivity index (χ4v) is 3.75. The Morgan fingerprint density at radius 2 is 1.42 bits per heavy atom. The second kappa shape index (κ2) is 10.4. The van der Waals surface area contributed by atoms with Crippen molar-refractivity contribution in [2.75, 3.05) is 10.2 Å². The maximum absolute atomic E-state index is 12.3. The van der Waals surface area contributed by atoms with Gasteiger partial charge in [-0.25, -0.2) is 9.97 Å². The van der Waals surface area contributed by atoms with Gasteiger partial charge in [-0.05, 0) is 29.2 Å². The predicted octanol–water partition coefficient (Wildman–Crippen LogP) is 5.90. The van der Waals surface area contributed by atoms with Crippen molar-refractivity contribution in [2.24, 2.45) is 0 Å². The SMILES string of the molecule is CCc1ccccc1Nc1ncnc(N(Cc2ccccc2)Cc2ccccc2)c1[N+](=O)[O-]. The van der Waals surface area contributed by atoms with E-state index in [1.807, 2.05) is 96.8 Å². The molecule has 0 amide bonds. The summed E-state index contributed by atoms with van der Waals surface area (Å²) in [7, 11) is 0. The second-order valence-electron chi connectivity index (χ2n) is 7.61. The topological polar surface area (TPSA) is 84.2 Å². The quantitative estimate of drug-likeness (QED) is 0.258. The van der Waals surface area contributed by atoms with Crippen LogP contribution in [-0.2, 0) is 19.5 Å². The summed E-state index contributed by atoms with van der Waals surface area (Å²) in [5.41, 5.74) is 3.78. The molecule has 0 unspecified atom stereocenters. The standard InChI is InChI=1S/C26H25N5O2/c1-2-22-15-9-10-16-23(22)29-25-24(31(32)33)26(28-19-27-25)30(17-20-11-5-3-6-12-20)18-21-13-7-4-8-14-21/h3-16,19H,2,17-18H2,1H3,(H,27,28,29). The summed E-state index contributed by atoms with van der Waals surface area (Å²) >= 11 is 0. The summed E-state index contributed by atoms with van der Waals surface area (Å²) < 4.78 is 0. The molecule has 0 fully saturated rings. The van der Waals surface area contributed by atoms with Gasteiger partial charge in [-0.2, -0.15) is 0 Å². The summed E-state index contributed by atoms with van der Waals surface area (Å²) in [6.45, 7) is 2.99. The molecule has 4 rings (SSSR count). The highest BCUT2D eigenvalue weighted by molar-refractivity contribution is 5.75. The summed E-state index contributed by atoms with van der Waals surface area (Å²) in [5, 5.41) is 15.4. The number of aryl methyl sites for hydroxylation is 1. The Morgan fingerprint density at radius 3 is 2.00 bits per heavy atom. The lowest BCUT2D eigenvalue weighted by atomic mass is 10.1. The van der Waals surface area contributed by atoms with Gasteiger partial charge in [0.2, 0.25) is 11.6 Å². The Labute approximate surface area is 192 Å². The Bertz CT molecular complexity index is 1170. The van der Waals surface area contributed by atoms with Crippen LogP contribution in [0.15, 0.2) is 91.3 Å². The van der Waals surface area contributed by atoms with Crippen molar-refractivity contribution in [3.8, 4) is 0 Å². The zero-order valence-electron chi connectivity index (χ0n) is 18.4. The molecule has 7 nitrogen and oxygen atoms in total. The van der Waals surface area contributed by atoms with Crippen molar-refractivity contribution in [3.05, 3.63) is 118 Å². The molecule has 1 aromatic heterocycles. The van der Waals surface area contributed by atoms with Crippen molar-refractivity contribution in [1.82, 2.24) is 9.97 Å². The Kier molecular flexibility index (Phi) is 6.90. The first kappa shape index (κ1) is 22.0. The summed E-state index contributed by atoms with van der Waals surface area (Å²) in [6, 6.07) is 27.5. The number of hydrogen-bond acceptors (Lipinski definition) is 6. The molecule has 1 N–H and O–H groups in total. The van der Waals surface area contributed by atoms with E-state index in [9.17, 15) is 10.1 Å². The summed E-state index contributed by atoms with van der Waals surface area (Å²) in [6.07, 6.45) is 2.17. The lowest BCUT2D eigenvalue weighted by molar-refractivity contribution is -0.383. The van der Waals surface area contributed by atoms with Crippen LogP contribution in [0, 0.1) is 10.1 Å². The first-order chi connectivity index (χ1) is 16.2. The molecular weight excluding hydrogens is 414 g/mol. The number of benzene rings is 3. The van der Waals surface area contributed by atoms with Crippen LogP contribution < -0.4 is 10.2 Å². The number of rotatable bonds is 9. The average molecular weight is 440 g/mol. The molecule has 0 spiro atoms. The highest BCUT2D eigenvalue weighted by Crippen LogP contribution is 2.35. The first-order valence-corrected chi connectivity index (χ1v) is 10.8. The average Bonchev–Trinajstić information content (AvgIpc) is 2.85. The molecule has 4 aromatic rings. The van der Waals surface area contributed by atoms with Crippen molar-refractivity contribution in [2.45, 2.75) is 26.4 Å². The van der Waals surface area contributed by atoms with Gasteiger partial charge < -0.3 is 10.2 Å². The molecular formula is C26H25N5O2. The molecule has 33 heavy (non-hydrogen) atoms. The third-order valence-corrected chi connectivity index (χ3v) is 5.37. The Morgan fingerprint density at radius 1 is 0.848 bits per heavy atom. The number of hydrogen-bond donors (Lipinski definition) is 1. The molecule has 7 heteroatoms. The highest BCUT2D eigenvalue weighted by atomic mass is 16.6. The Hall–Kier alpha value is -4.26. The zero-order valence-corrected chi connectivity index (χ0v) is 18.4. The van der Waals surface area contributed by atoms with Gasteiger partial charge in [-0.3, -0.25) is 10.1 Å². The normalized spacial score (nSPS) is 10.6. The third kappa shape index (κ3) is 5.33. The van der Waals surface area contributed by atoms with E-state index in [1.54, 1.807) is 0 Å². The number of nitrogens with zero attached hydrogens (tertiary/aromatic N) is 4. The lowest BCUT2D eigenvalue weighted by Crippen LogP contribution is -2.24. The van der Waals surface area contributed by atoms with Crippen LogP contribution in [0.2, 0.25) is 0 Å². The third-order valence-electron chi connectivity index (χ3n) is 5.37. The molecule has 0 saturated carbocycles. The zero-order chi connectivity index (χ0) is 23.0. The van der Waals surface area contributed by atoms with Crippen LogP contribution >= 0.6 is 0 Å². The number of anilines is 3. The van der Waals surface area contributed by atoms with E-state index in [-0.39, 0.29) is 17.3 Å². The molecule has 0 aliphatic carbocycles. The van der Waals surface area contributed by atoms with Crippen molar-refractivity contribution in [3.63, 3.8) is 0 Å². The molecule has 0 saturated heterocycles. The summed E-state index contributed by atoms with van der Waals surface area (Å²) in [5.74, 6) is 0.455. The van der Waals surface area contributed by atoms with Crippen LogP contribution in [0.25, 0.3) is 0 Å². The fourth-order valence-electron chi connectivity index (χ4n) is 3.75. The van der Waals surface area contributed by atoms with Gasteiger partial charge in [0, 0.05) is 18.8 Å². The minimum absolute atomic E-state index is 0.143. The van der Waals surface area contributed by atoms with Crippen molar-refractivity contribution < 1.29 is 4.92 Å². The molecule has 0 radical (unpaired) electrons. The van der Waals surface area contributed by atoms with Gasteiger partial charge in [0.1, 0.15) is 6.33 Å². The first-order valence-electron chi connectivity index (χ1n) is 10.8. The lowest BCUT2D eigenvalue weighted by Gasteiger charge is -2.24. The van der Waals surface area contributed by atoms with Gasteiger partial charge >= 0.3 is 5.69 Å². The van der Waals surface area contributed by atoms with Crippen LogP contribution in [0.1, 0.15) is 23.6 Å². The fraction of sp³-hybridized carbons (Fsp3) is 0.154. The van der Waals surface area contributed by atoms with E-state index in [2.05, 4.69) is 15.3 Å². The van der Waals surface area contributed by atoms with Gasteiger partial charge in [0.05, 0.1) is 4.92 Å². The predicted molar refractivity (Wildman–Crippen MR) is 131 cm³/mol. The molecule has 1 heterocycles. The van der Waals surface area contributed by atoms with Gasteiger partial charge in [-0.15, -0.1) is 0 Å². The molecule has 0 bridgehead atoms. The van der Waals surface area contributed by atoms with E-state index < -0.39 is 4.92 Å². The number of nitro groups is 1. The smallest absolute Gasteiger partial charge is 0.342 e. The van der Waals surface area contributed by atoms with Crippen LogP contribution in [-0.4, -0.2) is 14.9 Å². The maximum atomic E-state index is 12.3. The molecule has 0 aliphatic heterocycles. The number of para-hydroxylation sites is 1. The molecule has 166 valence electrons. The molecule has 0 aliphatic rings. The van der Waals surface area contributed by atoms with E-state index >= 15 is 0 Å². The minimum atomic E-state index is -0.408. The van der Waals surface area contributed by atoms with E-state index in [0.717, 1.165) is 28.8 Å². The molecule has 0 atom stereocenters. The number of aromatic nitrogens is 2. The summed E-state index contributed by atoms with van der Waals surface area (Å²) in [4.78, 5) is 22.4. The van der Waals surface area contributed by atoms with E-state index in [1.165, 1.54) is 6.33 Å². The Balaban J connectivity index is 1.77. The second-order valence-corrected chi connectivity index (χ2v) is 7.61.